The van der Waals surface area contributed by atoms with Gasteiger partial charge in [-0.1, -0.05) is 0 Å². The summed E-state index contributed by atoms with van der Waals surface area (Å²) in [6.07, 6.45) is 5.37. The molecule has 0 atom stereocenters. The first-order valence-corrected chi connectivity index (χ1v) is 5.71. The molecule has 0 amide bonds. The van der Waals surface area contributed by atoms with Crippen LogP contribution in [-0.2, 0) is 9.53 Å². The predicted octanol–water partition coefficient (Wildman–Crippen LogP) is 1.82. The molecule has 1 aliphatic heterocycles. The molecule has 1 aliphatic rings. The van der Waals surface area contributed by atoms with Crippen molar-refractivity contribution >= 4 is 5.97 Å². The standard InChI is InChI=1S/C11H21NO2/c1-2-14-11(13)7-3-4-8-12-9-5-6-10-12/h2-10H2,1H3. The fourth-order valence-corrected chi connectivity index (χ4v) is 1.84. The second-order valence-corrected chi connectivity index (χ2v) is 3.81. The van der Waals surface area contributed by atoms with Gasteiger partial charge in [0.25, 0.3) is 0 Å². The summed E-state index contributed by atoms with van der Waals surface area (Å²) in [6, 6.07) is 0. The van der Waals surface area contributed by atoms with Gasteiger partial charge in [0.2, 0.25) is 0 Å². The molecule has 0 radical (unpaired) electrons. The van der Waals surface area contributed by atoms with Crippen molar-refractivity contribution in [1.82, 2.24) is 4.90 Å². The van der Waals surface area contributed by atoms with Crippen LogP contribution >= 0.6 is 0 Å². The third-order valence-corrected chi connectivity index (χ3v) is 2.61. The molecule has 1 rings (SSSR count). The van der Waals surface area contributed by atoms with Crippen LogP contribution in [0, 0.1) is 0 Å². The summed E-state index contributed by atoms with van der Waals surface area (Å²) < 4.78 is 4.86. The third kappa shape index (κ3) is 4.61. The van der Waals surface area contributed by atoms with E-state index in [1.165, 1.54) is 25.9 Å². The molecule has 1 fully saturated rings. The van der Waals surface area contributed by atoms with Crippen molar-refractivity contribution in [3.05, 3.63) is 0 Å². The quantitative estimate of drug-likeness (QED) is 0.482. The van der Waals surface area contributed by atoms with Gasteiger partial charge >= 0.3 is 5.97 Å². The predicted molar refractivity (Wildman–Crippen MR) is 56.2 cm³/mol. The minimum atomic E-state index is -0.0473. The molecule has 0 spiro atoms. The van der Waals surface area contributed by atoms with Gasteiger partial charge in [-0.15, -0.1) is 0 Å². The third-order valence-electron chi connectivity index (χ3n) is 2.61. The summed E-state index contributed by atoms with van der Waals surface area (Å²) in [7, 11) is 0. The van der Waals surface area contributed by atoms with Crippen molar-refractivity contribution in [3.63, 3.8) is 0 Å². The first kappa shape index (κ1) is 11.5. The molecule has 14 heavy (non-hydrogen) atoms. The number of likely N-dealkylation sites (tertiary alicyclic amines) is 1. The molecule has 1 saturated heterocycles. The van der Waals surface area contributed by atoms with Crippen molar-refractivity contribution < 1.29 is 9.53 Å². The molecule has 0 aromatic heterocycles. The molecular weight excluding hydrogens is 178 g/mol. The van der Waals surface area contributed by atoms with Crippen LogP contribution in [0.3, 0.4) is 0 Å². The van der Waals surface area contributed by atoms with E-state index in [9.17, 15) is 4.79 Å². The van der Waals surface area contributed by atoms with Gasteiger partial charge in [0.15, 0.2) is 0 Å². The van der Waals surface area contributed by atoms with E-state index in [0.29, 0.717) is 13.0 Å². The monoisotopic (exact) mass is 199 g/mol. The van der Waals surface area contributed by atoms with Gasteiger partial charge in [0.1, 0.15) is 0 Å². The van der Waals surface area contributed by atoms with Crippen molar-refractivity contribution in [3.8, 4) is 0 Å². The zero-order valence-corrected chi connectivity index (χ0v) is 9.13. The minimum absolute atomic E-state index is 0.0473. The molecule has 0 unspecified atom stereocenters. The Morgan fingerprint density at radius 2 is 2.00 bits per heavy atom. The maximum absolute atomic E-state index is 11.0. The van der Waals surface area contributed by atoms with Crippen LogP contribution in [0.5, 0.6) is 0 Å². The highest BCUT2D eigenvalue weighted by atomic mass is 16.5. The van der Waals surface area contributed by atoms with E-state index in [1.807, 2.05) is 6.92 Å². The topological polar surface area (TPSA) is 29.5 Å². The number of carbonyl (C=O) groups excluding carboxylic acids is 1. The lowest BCUT2D eigenvalue weighted by molar-refractivity contribution is -0.143. The summed E-state index contributed by atoms with van der Waals surface area (Å²) in [5.41, 5.74) is 0. The molecule has 82 valence electrons. The zero-order valence-electron chi connectivity index (χ0n) is 9.13. The van der Waals surface area contributed by atoms with Crippen LogP contribution in [-0.4, -0.2) is 37.1 Å². The number of nitrogens with zero attached hydrogens (tertiary/aromatic N) is 1. The average Bonchev–Trinajstić information content (AvgIpc) is 2.65. The molecule has 3 nitrogen and oxygen atoms in total. The second kappa shape index (κ2) is 6.82. The highest BCUT2D eigenvalue weighted by molar-refractivity contribution is 5.69. The number of hydrogen-bond acceptors (Lipinski definition) is 3. The maximum Gasteiger partial charge on any atom is 0.305 e. The van der Waals surface area contributed by atoms with E-state index in [4.69, 9.17) is 4.74 Å². The van der Waals surface area contributed by atoms with Gasteiger partial charge in [0, 0.05) is 6.42 Å². The summed E-state index contributed by atoms with van der Waals surface area (Å²) in [5.74, 6) is -0.0473. The SMILES string of the molecule is CCOC(=O)CCCCN1CCCC1. The van der Waals surface area contributed by atoms with Crippen LogP contribution in [0.4, 0.5) is 0 Å². The van der Waals surface area contributed by atoms with Crippen molar-refractivity contribution in [1.29, 1.82) is 0 Å². The summed E-state index contributed by atoms with van der Waals surface area (Å²) in [6.45, 7) is 6.01. The van der Waals surface area contributed by atoms with Crippen LogP contribution in [0.15, 0.2) is 0 Å². The number of carbonyl (C=O) groups is 1. The van der Waals surface area contributed by atoms with Crippen molar-refractivity contribution in [2.45, 2.75) is 39.0 Å². The minimum Gasteiger partial charge on any atom is -0.466 e. The Kier molecular flexibility index (Phi) is 5.60. The van der Waals surface area contributed by atoms with E-state index in [-0.39, 0.29) is 5.97 Å². The van der Waals surface area contributed by atoms with E-state index in [1.54, 1.807) is 0 Å². The highest BCUT2D eigenvalue weighted by Gasteiger charge is 2.10. The van der Waals surface area contributed by atoms with E-state index in [2.05, 4.69) is 4.90 Å². The molecule has 0 aliphatic carbocycles. The number of esters is 1. The van der Waals surface area contributed by atoms with E-state index < -0.39 is 0 Å². The lowest BCUT2D eigenvalue weighted by Gasteiger charge is -2.13. The van der Waals surface area contributed by atoms with Gasteiger partial charge < -0.3 is 9.64 Å². The molecule has 0 aromatic carbocycles. The van der Waals surface area contributed by atoms with Gasteiger partial charge in [-0.05, 0) is 52.2 Å². The van der Waals surface area contributed by atoms with Gasteiger partial charge in [-0.3, -0.25) is 4.79 Å². The van der Waals surface area contributed by atoms with Crippen LogP contribution in [0.2, 0.25) is 0 Å². The van der Waals surface area contributed by atoms with Crippen molar-refractivity contribution in [2.75, 3.05) is 26.2 Å². The Balaban J connectivity index is 1.90. The molecule has 0 N–H and O–H groups in total. The smallest absolute Gasteiger partial charge is 0.305 e. The number of hydrogen-bond donors (Lipinski definition) is 0. The summed E-state index contributed by atoms with van der Waals surface area (Å²) in [5, 5.41) is 0. The number of rotatable bonds is 6. The number of unbranched alkanes of at least 4 members (excludes halogenated alkanes) is 1. The molecule has 0 aromatic rings. The van der Waals surface area contributed by atoms with Crippen LogP contribution < -0.4 is 0 Å². The van der Waals surface area contributed by atoms with E-state index >= 15 is 0 Å². The van der Waals surface area contributed by atoms with Gasteiger partial charge in [-0.2, -0.15) is 0 Å². The molecule has 3 heteroatoms. The normalized spacial score (nSPS) is 17.2. The van der Waals surface area contributed by atoms with Crippen LogP contribution in [0.25, 0.3) is 0 Å². The van der Waals surface area contributed by atoms with Gasteiger partial charge in [0.05, 0.1) is 6.61 Å². The second-order valence-electron chi connectivity index (χ2n) is 3.81. The Morgan fingerprint density at radius 3 is 2.64 bits per heavy atom. The number of ether oxygens (including phenoxy) is 1. The maximum atomic E-state index is 11.0. The fraction of sp³-hybridized carbons (Fsp3) is 0.909. The summed E-state index contributed by atoms with van der Waals surface area (Å²) in [4.78, 5) is 13.5. The fourth-order valence-electron chi connectivity index (χ4n) is 1.84. The zero-order chi connectivity index (χ0) is 10.2. The van der Waals surface area contributed by atoms with Gasteiger partial charge in [-0.25, -0.2) is 0 Å². The highest BCUT2D eigenvalue weighted by Crippen LogP contribution is 2.09. The summed E-state index contributed by atoms with van der Waals surface area (Å²) >= 11 is 0. The Labute approximate surface area is 86.4 Å². The first-order chi connectivity index (χ1) is 6.83. The van der Waals surface area contributed by atoms with Crippen LogP contribution in [0.1, 0.15) is 39.0 Å². The Morgan fingerprint density at radius 1 is 1.29 bits per heavy atom. The van der Waals surface area contributed by atoms with Crippen molar-refractivity contribution in [2.24, 2.45) is 0 Å². The van der Waals surface area contributed by atoms with E-state index in [0.717, 1.165) is 19.4 Å². The Bertz CT molecular complexity index is 165. The Hall–Kier alpha value is -0.570. The lowest BCUT2D eigenvalue weighted by Crippen LogP contribution is -2.20. The molecule has 0 bridgehead atoms. The molecule has 0 saturated carbocycles. The lowest BCUT2D eigenvalue weighted by atomic mass is 10.2. The molecule has 1 heterocycles. The largest absolute Gasteiger partial charge is 0.466 e. The first-order valence-electron chi connectivity index (χ1n) is 5.71. The average molecular weight is 199 g/mol. The molecular formula is C11H21NO2.